The monoisotopic (exact) mass is 215 g/mol. The topological polar surface area (TPSA) is 12.0 Å². The van der Waals surface area contributed by atoms with Crippen molar-refractivity contribution in [2.45, 2.75) is 19.9 Å². The van der Waals surface area contributed by atoms with Crippen molar-refractivity contribution in [3.05, 3.63) is 33.5 Å². The van der Waals surface area contributed by atoms with Crippen LogP contribution in [0.5, 0.6) is 0 Å². The number of hydrogen-bond donors (Lipinski definition) is 1. The zero-order valence-corrected chi connectivity index (χ0v) is 9.34. The maximum atomic E-state index is 5.80. The molecule has 0 aliphatic carbocycles. The summed E-state index contributed by atoms with van der Waals surface area (Å²) < 4.78 is 0.853. The lowest BCUT2D eigenvalue weighted by Gasteiger charge is -2.03. The van der Waals surface area contributed by atoms with Crippen molar-refractivity contribution < 1.29 is 0 Å². The highest BCUT2D eigenvalue weighted by Crippen LogP contribution is 2.20. The Hall–Kier alpha value is -0.310. The summed E-state index contributed by atoms with van der Waals surface area (Å²) in [6, 6.07) is 3.98. The molecular formula is C10H14ClNS. The number of halogens is 1. The zero-order chi connectivity index (χ0) is 9.68. The molecule has 1 rings (SSSR count). The van der Waals surface area contributed by atoms with Crippen LogP contribution < -0.4 is 5.32 Å². The second-order valence-corrected chi connectivity index (χ2v) is 4.71. The molecule has 0 aliphatic rings. The van der Waals surface area contributed by atoms with Crippen LogP contribution in [-0.2, 0) is 6.54 Å². The summed E-state index contributed by atoms with van der Waals surface area (Å²) in [4.78, 5) is 1.27. The SMILES string of the molecule is C=C(CC)CNCc1ccc(Cl)s1. The van der Waals surface area contributed by atoms with Gasteiger partial charge in [0.25, 0.3) is 0 Å². The van der Waals surface area contributed by atoms with Crippen molar-refractivity contribution >= 4 is 22.9 Å². The molecule has 3 heteroatoms. The van der Waals surface area contributed by atoms with Gasteiger partial charge in [-0.15, -0.1) is 11.3 Å². The van der Waals surface area contributed by atoms with Gasteiger partial charge >= 0.3 is 0 Å². The van der Waals surface area contributed by atoms with Gasteiger partial charge in [0.2, 0.25) is 0 Å². The Labute approximate surface area is 88.4 Å². The molecule has 0 radical (unpaired) electrons. The Bertz CT molecular complexity index is 280. The second kappa shape index (κ2) is 5.43. The van der Waals surface area contributed by atoms with Gasteiger partial charge < -0.3 is 5.32 Å². The van der Waals surface area contributed by atoms with Crippen molar-refractivity contribution in [1.29, 1.82) is 0 Å². The number of thiophene rings is 1. The van der Waals surface area contributed by atoms with Crippen molar-refractivity contribution in [3.8, 4) is 0 Å². The fraction of sp³-hybridized carbons (Fsp3) is 0.400. The molecule has 0 fully saturated rings. The van der Waals surface area contributed by atoms with Crippen LogP contribution in [0.1, 0.15) is 18.2 Å². The molecular weight excluding hydrogens is 202 g/mol. The lowest BCUT2D eigenvalue weighted by molar-refractivity contribution is 0.735. The van der Waals surface area contributed by atoms with Crippen LogP contribution in [0.2, 0.25) is 4.34 Å². The van der Waals surface area contributed by atoms with Crippen molar-refractivity contribution in [3.63, 3.8) is 0 Å². The fourth-order valence-corrected chi connectivity index (χ4v) is 1.99. The van der Waals surface area contributed by atoms with E-state index in [-0.39, 0.29) is 0 Å². The molecule has 13 heavy (non-hydrogen) atoms. The highest BCUT2D eigenvalue weighted by molar-refractivity contribution is 7.16. The highest BCUT2D eigenvalue weighted by Gasteiger charge is 1.97. The van der Waals surface area contributed by atoms with Gasteiger partial charge in [0.15, 0.2) is 0 Å². The van der Waals surface area contributed by atoms with E-state index in [1.54, 1.807) is 11.3 Å². The van der Waals surface area contributed by atoms with Crippen LogP contribution in [0.4, 0.5) is 0 Å². The number of nitrogens with one attached hydrogen (secondary N) is 1. The van der Waals surface area contributed by atoms with Gasteiger partial charge in [0.1, 0.15) is 0 Å². The summed E-state index contributed by atoms with van der Waals surface area (Å²) in [6.07, 6.45) is 1.04. The van der Waals surface area contributed by atoms with Gasteiger partial charge in [0, 0.05) is 18.0 Å². The molecule has 0 saturated heterocycles. The maximum absolute atomic E-state index is 5.80. The molecule has 1 N–H and O–H groups in total. The molecule has 0 amide bonds. The van der Waals surface area contributed by atoms with Gasteiger partial charge in [-0.1, -0.05) is 30.7 Å². The largest absolute Gasteiger partial charge is 0.308 e. The van der Waals surface area contributed by atoms with E-state index in [0.717, 1.165) is 23.8 Å². The van der Waals surface area contributed by atoms with Crippen molar-refractivity contribution in [2.75, 3.05) is 6.54 Å². The zero-order valence-electron chi connectivity index (χ0n) is 7.77. The molecule has 72 valence electrons. The fourth-order valence-electron chi connectivity index (χ4n) is 0.934. The third kappa shape index (κ3) is 3.94. The van der Waals surface area contributed by atoms with E-state index in [1.807, 2.05) is 6.07 Å². The van der Waals surface area contributed by atoms with Gasteiger partial charge in [0.05, 0.1) is 4.34 Å². The van der Waals surface area contributed by atoms with Crippen molar-refractivity contribution in [2.24, 2.45) is 0 Å². The minimum atomic E-state index is 0.853. The van der Waals surface area contributed by atoms with E-state index in [0.29, 0.717) is 0 Å². The van der Waals surface area contributed by atoms with Gasteiger partial charge in [-0.05, 0) is 18.6 Å². The number of rotatable bonds is 5. The molecule has 0 spiro atoms. The van der Waals surface area contributed by atoms with Crippen LogP contribution in [0.25, 0.3) is 0 Å². The normalized spacial score (nSPS) is 10.3. The standard InChI is InChI=1S/C10H14ClNS/c1-3-8(2)6-12-7-9-4-5-10(11)13-9/h4-5,12H,2-3,6-7H2,1H3. The molecule has 1 aromatic rings. The summed E-state index contributed by atoms with van der Waals surface area (Å²) >= 11 is 7.42. The lowest BCUT2D eigenvalue weighted by Crippen LogP contribution is -2.15. The average molecular weight is 216 g/mol. The third-order valence-corrected chi connectivity index (χ3v) is 3.03. The molecule has 0 unspecified atom stereocenters. The number of hydrogen-bond acceptors (Lipinski definition) is 2. The molecule has 1 nitrogen and oxygen atoms in total. The Morgan fingerprint density at radius 2 is 2.38 bits per heavy atom. The maximum Gasteiger partial charge on any atom is 0.0931 e. The molecule has 0 atom stereocenters. The first-order valence-electron chi connectivity index (χ1n) is 4.34. The average Bonchev–Trinajstić information content (AvgIpc) is 2.51. The van der Waals surface area contributed by atoms with E-state index in [4.69, 9.17) is 11.6 Å². The first kappa shape index (κ1) is 10.8. The molecule has 1 heterocycles. The Kier molecular flexibility index (Phi) is 4.50. The minimum Gasteiger partial charge on any atom is -0.308 e. The van der Waals surface area contributed by atoms with Crippen molar-refractivity contribution in [1.82, 2.24) is 5.32 Å². The summed E-state index contributed by atoms with van der Waals surface area (Å²) in [7, 11) is 0. The summed E-state index contributed by atoms with van der Waals surface area (Å²) in [6.45, 7) is 7.82. The first-order valence-corrected chi connectivity index (χ1v) is 5.53. The van der Waals surface area contributed by atoms with Crippen LogP contribution in [0.3, 0.4) is 0 Å². The van der Waals surface area contributed by atoms with Crippen LogP contribution in [0.15, 0.2) is 24.3 Å². The molecule has 0 aliphatic heterocycles. The van der Waals surface area contributed by atoms with E-state index in [1.165, 1.54) is 10.5 Å². The first-order chi connectivity index (χ1) is 6.22. The quantitative estimate of drug-likeness (QED) is 0.742. The Morgan fingerprint density at radius 1 is 1.62 bits per heavy atom. The lowest BCUT2D eigenvalue weighted by atomic mass is 10.2. The Morgan fingerprint density at radius 3 is 2.92 bits per heavy atom. The molecule has 0 saturated carbocycles. The summed E-state index contributed by atoms with van der Waals surface area (Å²) in [5.41, 5.74) is 1.24. The van der Waals surface area contributed by atoms with E-state index in [2.05, 4.69) is 24.9 Å². The molecule has 1 aromatic heterocycles. The predicted molar refractivity (Wildman–Crippen MR) is 60.5 cm³/mol. The minimum absolute atomic E-state index is 0.853. The van der Waals surface area contributed by atoms with E-state index in [9.17, 15) is 0 Å². The van der Waals surface area contributed by atoms with Gasteiger partial charge in [-0.25, -0.2) is 0 Å². The summed E-state index contributed by atoms with van der Waals surface area (Å²) in [5.74, 6) is 0. The van der Waals surface area contributed by atoms with E-state index >= 15 is 0 Å². The highest BCUT2D eigenvalue weighted by atomic mass is 35.5. The van der Waals surface area contributed by atoms with E-state index < -0.39 is 0 Å². The van der Waals surface area contributed by atoms with Gasteiger partial charge in [-0.3, -0.25) is 0 Å². The molecule has 0 bridgehead atoms. The van der Waals surface area contributed by atoms with Gasteiger partial charge in [-0.2, -0.15) is 0 Å². The smallest absolute Gasteiger partial charge is 0.0931 e. The van der Waals surface area contributed by atoms with Crippen LogP contribution in [0, 0.1) is 0 Å². The third-order valence-electron chi connectivity index (χ3n) is 1.80. The second-order valence-electron chi connectivity index (χ2n) is 2.91. The van der Waals surface area contributed by atoms with Crippen LogP contribution >= 0.6 is 22.9 Å². The summed E-state index contributed by atoms with van der Waals surface area (Å²) in [5, 5.41) is 3.32. The van der Waals surface area contributed by atoms with Crippen LogP contribution in [-0.4, -0.2) is 6.54 Å². The predicted octanol–water partition coefficient (Wildman–Crippen LogP) is 3.46. The Balaban J connectivity index is 2.24. The molecule has 0 aromatic carbocycles.